The lowest BCUT2D eigenvalue weighted by Gasteiger charge is -2.14. The van der Waals surface area contributed by atoms with E-state index in [1.165, 1.54) is 6.07 Å². The van der Waals surface area contributed by atoms with Gasteiger partial charge in [0.15, 0.2) is 5.78 Å². The second-order valence-electron chi connectivity index (χ2n) is 4.61. The lowest BCUT2D eigenvalue weighted by atomic mass is 9.87. The standard InChI is InChI=1S/C14H13F2NO/c15-10-5-6-11(13(16)7-10)12(8-17)14(18)9-3-1-2-4-9/h5-7,9,12H,1-4H2. The van der Waals surface area contributed by atoms with Crippen LogP contribution in [0.15, 0.2) is 18.2 Å². The monoisotopic (exact) mass is 249 g/mol. The molecule has 1 aliphatic rings. The number of nitrogens with zero attached hydrogens (tertiary/aromatic N) is 1. The first-order chi connectivity index (χ1) is 8.63. The number of ketones is 1. The maximum atomic E-state index is 13.6. The molecule has 0 spiro atoms. The fourth-order valence-corrected chi connectivity index (χ4v) is 2.47. The number of hydrogen-bond acceptors (Lipinski definition) is 2. The molecule has 4 heteroatoms. The molecule has 1 saturated carbocycles. The molecule has 0 N–H and O–H groups in total. The molecular formula is C14H13F2NO. The Kier molecular flexibility index (Phi) is 3.71. The zero-order valence-electron chi connectivity index (χ0n) is 9.83. The minimum atomic E-state index is -1.12. The van der Waals surface area contributed by atoms with Crippen molar-refractivity contribution in [2.75, 3.05) is 0 Å². The predicted molar refractivity (Wildman–Crippen MR) is 61.7 cm³/mol. The number of hydrogen-bond donors (Lipinski definition) is 0. The number of Topliss-reactive ketones (excluding diaryl/α,β-unsaturated/α-hetero) is 1. The van der Waals surface area contributed by atoms with E-state index in [4.69, 9.17) is 5.26 Å². The molecule has 0 bridgehead atoms. The van der Waals surface area contributed by atoms with Crippen molar-refractivity contribution >= 4 is 5.78 Å². The molecule has 2 nitrogen and oxygen atoms in total. The minimum absolute atomic E-state index is 0.0178. The molecule has 1 aromatic rings. The summed E-state index contributed by atoms with van der Waals surface area (Å²) in [6, 6.07) is 4.81. The molecule has 1 aliphatic carbocycles. The smallest absolute Gasteiger partial charge is 0.157 e. The van der Waals surface area contributed by atoms with Gasteiger partial charge in [0.05, 0.1) is 6.07 Å². The lowest BCUT2D eigenvalue weighted by Crippen LogP contribution is -2.20. The summed E-state index contributed by atoms with van der Waals surface area (Å²) in [6.45, 7) is 0. The number of rotatable bonds is 3. The van der Waals surface area contributed by atoms with E-state index in [-0.39, 0.29) is 17.3 Å². The predicted octanol–water partition coefficient (Wildman–Crippen LogP) is 3.33. The van der Waals surface area contributed by atoms with Crippen LogP contribution in [-0.4, -0.2) is 5.78 Å². The second-order valence-corrected chi connectivity index (χ2v) is 4.61. The number of carbonyl (C=O) groups excluding carboxylic acids is 1. The highest BCUT2D eigenvalue weighted by Crippen LogP contribution is 2.32. The van der Waals surface area contributed by atoms with Crippen molar-refractivity contribution in [3.8, 4) is 6.07 Å². The van der Waals surface area contributed by atoms with Gasteiger partial charge in [-0.2, -0.15) is 5.26 Å². The normalized spacial score (nSPS) is 17.4. The van der Waals surface area contributed by atoms with Crippen LogP contribution in [0.5, 0.6) is 0 Å². The van der Waals surface area contributed by atoms with E-state index in [0.29, 0.717) is 6.07 Å². The van der Waals surface area contributed by atoms with Crippen molar-refractivity contribution in [2.45, 2.75) is 31.6 Å². The largest absolute Gasteiger partial charge is 0.298 e. The average molecular weight is 249 g/mol. The Balaban J connectivity index is 2.28. The van der Waals surface area contributed by atoms with E-state index in [1.807, 2.05) is 6.07 Å². The first-order valence-electron chi connectivity index (χ1n) is 6.01. The molecule has 1 fully saturated rings. The fraction of sp³-hybridized carbons (Fsp3) is 0.429. The van der Waals surface area contributed by atoms with Crippen LogP contribution < -0.4 is 0 Å². The second kappa shape index (κ2) is 5.26. The first kappa shape index (κ1) is 12.7. The molecule has 0 aromatic heterocycles. The SMILES string of the molecule is N#CC(C(=O)C1CCCC1)c1ccc(F)cc1F. The summed E-state index contributed by atoms with van der Waals surface area (Å²) in [6.07, 6.45) is 3.47. The molecule has 1 unspecified atom stereocenters. The highest BCUT2D eigenvalue weighted by molar-refractivity contribution is 5.90. The van der Waals surface area contributed by atoms with Crippen LogP contribution >= 0.6 is 0 Å². The highest BCUT2D eigenvalue weighted by atomic mass is 19.1. The van der Waals surface area contributed by atoms with Crippen LogP contribution in [-0.2, 0) is 4.79 Å². The Labute approximate surface area is 104 Å². The fourth-order valence-electron chi connectivity index (χ4n) is 2.47. The topological polar surface area (TPSA) is 40.9 Å². The van der Waals surface area contributed by atoms with Crippen LogP contribution in [0, 0.1) is 28.9 Å². The highest BCUT2D eigenvalue weighted by Gasteiger charge is 2.31. The molecule has 0 heterocycles. The Morgan fingerprint density at radius 2 is 2.00 bits per heavy atom. The van der Waals surface area contributed by atoms with E-state index < -0.39 is 17.6 Å². The van der Waals surface area contributed by atoms with Gasteiger partial charge < -0.3 is 0 Å². The van der Waals surface area contributed by atoms with Crippen LogP contribution in [0.1, 0.15) is 37.2 Å². The summed E-state index contributed by atoms with van der Waals surface area (Å²) in [5, 5.41) is 9.07. The number of carbonyl (C=O) groups is 1. The zero-order valence-corrected chi connectivity index (χ0v) is 9.83. The summed E-state index contributed by atoms with van der Waals surface area (Å²) in [5.74, 6) is -3.04. The molecule has 0 amide bonds. The van der Waals surface area contributed by atoms with Gasteiger partial charge in [-0.15, -0.1) is 0 Å². The molecule has 94 valence electrons. The Morgan fingerprint density at radius 3 is 2.56 bits per heavy atom. The van der Waals surface area contributed by atoms with Gasteiger partial charge in [0, 0.05) is 17.5 Å². The summed E-state index contributed by atoms with van der Waals surface area (Å²) in [4.78, 5) is 12.1. The third kappa shape index (κ3) is 2.40. The van der Waals surface area contributed by atoms with Crippen molar-refractivity contribution in [1.29, 1.82) is 5.26 Å². The average Bonchev–Trinajstić information content (AvgIpc) is 2.86. The number of benzene rings is 1. The van der Waals surface area contributed by atoms with Gasteiger partial charge in [-0.25, -0.2) is 8.78 Å². The van der Waals surface area contributed by atoms with Crippen LogP contribution in [0.25, 0.3) is 0 Å². The quantitative estimate of drug-likeness (QED) is 0.824. The molecule has 2 rings (SSSR count). The van der Waals surface area contributed by atoms with Crippen LogP contribution in [0.4, 0.5) is 8.78 Å². The molecule has 18 heavy (non-hydrogen) atoms. The van der Waals surface area contributed by atoms with E-state index in [2.05, 4.69) is 0 Å². The van der Waals surface area contributed by atoms with E-state index >= 15 is 0 Å². The molecule has 1 atom stereocenters. The Bertz CT molecular complexity index is 501. The van der Waals surface area contributed by atoms with Crippen molar-refractivity contribution < 1.29 is 13.6 Å². The maximum absolute atomic E-state index is 13.6. The van der Waals surface area contributed by atoms with Gasteiger partial charge >= 0.3 is 0 Å². The maximum Gasteiger partial charge on any atom is 0.157 e. The van der Waals surface area contributed by atoms with Gasteiger partial charge in [-0.05, 0) is 18.9 Å². The summed E-state index contributed by atoms with van der Waals surface area (Å²) >= 11 is 0. The molecule has 0 saturated heterocycles. The van der Waals surface area contributed by atoms with Crippen molar-refractivity contribution in [3.05, 3.63) is 35.4 Å². The molecule has 0 radical (unpaired) electrons. The van der Waals surface area contributed by atoms with Crippen molar-refractivity contribution in [2.24, 2.45) is 5.92 Å². The number of nitriles is 1. The van der Waals surface area contributed by atoms with Gasteiger partial charge in [-0.3, -0.25) is 4.79 Å². The summed E-state index contributed by atoms with van der Waals surface area (Å²) < 4.78 is 26.4. The third-order valence-corrected chi connectivity index (χ3v) is 3.44. The first-order valence-corrected chi connectivity index (χ1v) is 6.01. The molecule has 1 aromatic carbocycles. The molecular weight excluding hydrogens is 236 g/mol. The Hall–Kier alpha value is -1.76. The van der Waals surface area contributed by atoms with Gasteiger partial charge in [0.25, 0.3) is 0 Å². The van der Waals surface area contributed by atoms with Gasteiger partial charge in [0.2, 0.25) is 0 Å². The van der Waals surface area contributed by atoms with Crippen molar-refractivity contribution in [1.82, 2.24) is 0 Å². The number of halogens is 2. The zero-order chi connectivity index (χ0) is 13.1. The molecule has 0 aliphatic heterocycles. The van der Waals surface area contributed by atoms with Gasteiger partial charge in [-0.1, -0.05) is 18.9 Å². The van der Waals surface area contributed by atoms with E-state index in [1.54, 1.807) is 0 Å². The van der Waals surface area contributed by atoms with Crippen molar-refractivity contribution in [3.63, 3.8) is 0 Å². The van der Waals surface area contributed by atoms with Gasteiger partial charge in [0.1, 0.15) is 17.6 Å². The lowest BCUT2D eigenvalue weighted by molar-refractivity contribution is -0.123. The van der Waals surface area contributed by atoms with E-state index in [9.17, 15) is 13.6 Å². The Morgan fingerprint density at radius 1 is 1.33 bits per heavy atom. The summed E-state index contributed by atoms with van der Waals surface area (Å²) in [7, 11) is 0. The van der Waals surface area contributed by atoms with Crippen LogP contribution in [0.2, 0.25) is 0 Å². The summed E-state index contributed by atoms with van der Waals surface area (Å²) in [5.41, 5.74) is -0.0178. The van der Waals surface area contributed by atoms with E-state index in [0.717, 1.165) is 31.7 Å². The third-order valence-electron chi connectivity index (χ3n) is 3.44. The minimum Gasteiger partial charge on any atom is -0.298 e. The van der Waals surface area contributed by atoms with Crippen LogP contribution in [0.3, 0.4) is 0 Å².